The summed E-state index contributed by atoms with van der Waals surface area (Å²) in [6, 6.07) is 9.70. The Morgan fingerprint density at radius 3 is 2.38 bits per heavy atom. The fourth-order valence-corrected chi connectivity index (χ4v) is 4.84. The zero-order chi connectivity index (χ0) is 24.1. The van der Waals surface area contributed by atoms with Crippen LogP contribution in [0.5, 0.6) is 0 Å². The van der Waals surface area contributed by atoms with E-state index in [0.29, 0.717) is 23.6 Å². The molecule has 1 amide bonds. The number of nitrogens with zero attached hydrogens (tertiary/aromatic N) is 4. The summed E-state index contributed by atoms with van der Waals surface area (Å²) in [5.41, 5.74) is 0.673. The Kier molecular flexibility index (Phi) is 7.65. The van der Waals surface area contributed by atoms with Crippen molar-refractivity contribution in [2.75, 3.05) is 0 Å². The zero-order valence-electron chi connectivity index (χ0n) is 20.2. The maximum absolute atomic E-state index is 13.5. The van der Waals surface area contributed by atoms with Gasteiger partial charge in [-0.2, -0.15) is 0 Å². The smallest absolute Gasteiger partial charge is 0.333 e. The number of carbonyl (C=O) groups is 1. The van der Waals surface area contributed by atoms with Crippen LogP contribution in [0.15, 0.2) is 46.2 Å². The second kappa shape index (κ2) is 10.8. The Labute approximate surface area is 199 Å². The molecule has 0 atom stereocenters. The van der Waals surface area contributed by atoms with Crippen LogP contribution in [0.3, 0.4) is 0 Å². The highest BCUT2D eigenvalue weighted by Gasteiger charge is 2.21. The lowest BCUT2D eigenvalue weighted by Crippen LogP contribution is -2.46. The topological polar surface area (TPSA) is 90.9 Å². The lowest BCUT2D eigenvalue weighted by molar-refractivity contribution is -0.122. The summed E-state index contributed by atoms with van der Waals surface area (Å²) in [5, 5.41) is 3.08. The monoisotopic (exact) mass is 465 g/mol. The molecule has 1 aromatic carbocycles. The molecule has 0 spiro atoms. The van der Waals surface area contributed by atoms with Crippen LogP contribution in [-0.2, 0) is 24.4 Å². The molecule has 2 heterocycles. The van der Waals surface area contributed by atoms with Gasteiger partial charge in [0, 0.05) is 12.6 Å². The van der Waals surface area contributed by atoms with Gasteiger partial charge in [-0.05, 0) is 24.3 Å². The van der Waals surface area contributed by atoms with Gasteiger partial charge in [0.25, 0.3) is 5.56 Å². The van der Waals surface area contributed by atoms with E-state index in [9.17, 15) is 14.4 Å². The fourth-order valence-electron chi connectivity index (χ4n) is 4.84. The molecule has 8 heteroatoms. The summed E-state index contributed by atoms with van der Waals surface area (Å²) >= 11 is 0. The van der Waals surface area contributed by atoms with Crippen molar-refractivity contribution in [3.05, 3.63) is 63.1 Å². The Morgan fingerprint density at radius 2 is 1.71 bits per heavy atom. The molecule has 3 aromatic rings. The first-order valence-electron chi connectivity index (χ1n) is 12.5. The molecule has 8 nitrogen and oxygen atoms in total. The number of hydrogen-bond acceptors (Lipinski definition) is 4. The van der Waals surface area contributed by atoms with Gasteiger partial charge in [-0.3, -0.25) is 14.2 Å². The second-order valence-corrected chi connectivity index (χ2v) is 9.82. The van der Waals surface area contributed by atoms with Crippen molar-refractivity contribution < 1.29 is 4.79 Å². The van der Waals surface area contributed by atoms with Gasteiger partial charge in [-0.15, -0.1) is 0 Å². The first-order chi connectivity index (χ1) is 16.4. The number of carbonyl (C=O) groups excluding carboxylic acids is 1. The largest absolute Gasteiger partial charge is 0.352 e. The van der Waals surface area contributed by atoms with Crippen LogP contribution in [0.1, 0.15) is 64.4 Å². The highest BCUT2D eigenvalue weighted by Crippen LogP contribution is 2.17. The Balaban J connectivity index is 1.70. The van der Waals surface area contributed by atoms with E-state index in [-0.39, 0.29) is 25.0 Å². The van der Waals surface area contributed by atoms with Crippen molar-refractivity contribution in [1.29, 1.82) is 0 Å². The van der Waals surface area contributed by atoms with Crippen molar-refractivity contribution in [2.24, 2.45) is 5.92 Å². The molecule has 4 rings (SSSR count). The van der Waals surface area contributed by atoms with Crippen LogP contribution in [0.25, 0.3) is 11.2 Å². The van der Waals surface area contributed by atoms with E-state index in [1.54, 1.807) is 10.9 Å². The van der Waals surface area contributed by atoms with Crippen LogP contribution in [0.2, 0.25) is 0 Å². The molecule has 0 unspecified atom stereocenters. The number of imidazole rings is 1. The fraction of sp³-hybridized carbons (Fsp3) is 0.538. The van der Waals surface area contributed by atoms with Crippen LogP contribution >= 0.6 is 0 Å². The van der Waals surface area contributed by atoms with Gasteiger partial charge in [0.1, 0.15) is 6.54 Å². The van der Waals surface area contributed by atoms with E-state index in [1.165, 1.54) is 23.8 Å². The van der Waals surface area contributed by atoms with Crippen LogP contribution in [0, 0.1) is 5.92 Å². The summed E-state index contributed by atoms with van der Waals surface area (Å²) in [6.45, 7) is 4.72. The van der Waals surface area contributed by atoms with Crippen molar-refractivity contribution in [1.82, 2.24) is 24.0 Å². The van der Waals surface area contributed by atoms with E-state index in [2.05, 4.69) is 24.1 Å². The molecule has 1 aliphatic carbocycles. The standard InChI is InChI=1S/C26H35N5O3/c1-19(2)15-29-18-27-24-23(29)25(33)31(26(34)30(24)16-20-11-7-6-8-12-20)17-22(32)28-21-13-9-4-3-5-10-14-21/h6-8,11-12,18-19,21H,3-5,9-10,13-17H2,1-2H3,(H,28,32). The predicted molar refractivity (Wildman–Crippen MR) is 133 cm³/mol. The van der Waals surface area contributed by atoms with Gasteiger partial charge in [-0.1, -0.05) is 76.3 Å². The van der Waals surface area contributed by atoms with Crippen molar-refractivity contribution in [3.63, 3.8) is 0 Å². The van der Waals surface area contributed by atoms with Gasteiger partial charge in [0.2, 0.25) is 5.91 Å². The molecule has 0 aliphatic heterocycles. The second-order valence-electron chi connectivity index (χ2n) is 9.82. The van der Waals surface area contributed by atoms with E-state index in [1.807, 2.05) is 30.3 Å². The third-order valence-electron chi connectivity index (χ3n) is 6.50. The van der Waals surface area contributed by atoms with Gasteiger partial charge in [0.05, 0.1) is 12.9 Å². The normalized spacial score (nSPS) is 15.4. The third-order valence-corrected chi connectivity index (χ3v) is 6.50. The van der Waals surface area contributed by atoms with E-state index in [0.717, 1.165) is 35.8 Å². The number of amides is 1. The minimum absolute atomic E-state index is 0.102. The van der Waals surface area contributed by atoms with E-state index >= 15 is 0 Å². The van der Waals surface area contributed by atoms with Gasteiger partial charge < -0.3 is 9.88 Å². The molecule has 0 saturated heterocycles. The summed E-state index contributed by atoms with van der Waals surface area (Å²) in [5.74, 6) is 0.00711. The van der Waals surface area contributed by atoms with Crippen LogP contribution in [-0.4, -0.2) is 30.6 Å². The van der Waals surface area contributed by atoms with Crippen molar-refractivity contribution in [3.8, 4) is 0 Å². The molecule has 34 heavy (non-hydrogen) atoms. The van der Waals surface area contributed by atoms with E-state index < -0.39 is 11.2 Å². The van der Waals surface area contributed by atoms with Crippen molar-refractivity contribution in [2.45, 2.75) is 84.5 Å². The molecule has 1 saturated carbocycles. The Morgan fingerprint density at radius 1 is 1.03 bits per heavy atom. The number of aromatic nitrogens is 4. The number of benzene rings is 1. The number of fused-ring (bicyclic) bond motifs is 1. The molecule has 182 valence electrons. The van der Waals surface area contributed by atoms with Gasteiger partial charge in [0.15, 0.2) is 11.2 Å². The third kappa shape index (κ3) is 5.48. The average molecular weight is 466 g/mol. The minimum Gasteiger partial charge on any atom is -0.352 e. The molecule has 1 fully saturated rings. The molecule has 0 radical (unpaired) electrons. The number of rotatable bonds is 7. The first kappa shape index (κ1) is 24.0. The number of hydrogen-bond donors (Lipinski definition) is 1. The predicted octanol–water partition coefficient (Wildman–Crippen LogP) is 3.29. The highest BCUT2D eigenvalue weighted by atomic mass is 16.2. The summed E-state index contributed by atoms with van der Waals surface area (Å²) in [6.07, 6.45) is 9.31. The summed E-state index contributed by atoms with van der Waals surface area (Å²) in [4.78, 5) is 44.3. The number of nitrogens with one attached hydrogen (secondary N) is 1. The van der Waals surface area contributed by atoms with E-state index in [4.69, 9.17) is 0 Å². The first-order valence-corrected chi connectivity index (χ1v) is 12.5. The average Bonchev–Trinajstić information content (AvgIpc) is 3.19. The lowest BCUT2D eigenvalue weighted by Gasteiger charge is -2.21. The molecule has 0 bridgehead atoms. The Bertz CT molecular complexity index is 1230. The van der Waals surface area contributed by atoms with Gasteiger partial charge >= 0.3 is 5.69 Å². The molecular formula is C26H35N5O3. The SMILES string of the molecule is CC(C)Cn1cnc2c1c(=O)n(CC(=O)NC1CCCCCCC1)c(=O)n2Cc1ccccc1. The van der Waals surface area contributed by atoms with Crippen LogP contribution in [0.4, 0.5) is 0 Å². The lowest BCUT2D eigenvalue weighted by atomic mass is 9.97. The summed E-state index contributed by atoms with van der Waals surface area (Å²) in [7, 11) is 0. The molecule has 1 N–H and O–H groups in total. The zero-order valence-corrected chi connectivity index (χ0v) is 20.2. The molecule has 1 aliphatic rings. The minimum atomic E-state index is -0.510. The van der Waals surface area contributed by atoms with Crippen molar-refractivity contribution >= 4 is 17.1 Å². The quantitative estimate of drug-likeness (QED) is 0.580. The maximum Gasteiger partial charge on any atom is 0.333 e. The molecular weight excluding hydrogens is 430 g/mol. The highest BCUT2D eigenvalue weighted by molar-refractivity contribution is 5.77. The van der Waals surface area contributed by atoms with Gasteiger partial charge in [-0.25, -0.2) is 14.3 Å². The Hall–Kier alpha value is -3.16. The maximum atomic E-state index is 13.5. The summed E-state index contributed by atoms with van der Waals surface area (Å²) < 4.78 is 4.38. The van der Waals surface area contributed by atoms with Crippen LogP contribution < -0.4 is 16.6 Å². The molecule has 2 aromatic heterocycles.